The van der Waals surface area contributed by atoms with Gasteiger partial charge in [-0.3, -0.25) is 13.9 Å². The van der Waals surface area contributed by atoms with Gasteiger partial charge in [-0.05, 0) is 43.9 Å². The van der Waals surface area contributed by atoms with Crippen LogP contribution in [0.3, 0.4) is 0 Å². The maximum absolute atomic E-state index is 12.7. The van der Waals surface area contributed by atoms with Crippen molar-refractivity contribution in [3.05, 3.63) is 29.8 Å². The zero-order valence-electron chi connectivity index (χ0n) is 14.1. The predicted molar refractivity (Wildman–Crippen MR) is 94.6 cm³/mol. The van der Waals surface area contributed by atoms with Gasteiger partial charge in [-0.25, -0.2) is 8.42 Å². The Morgan fingerprint density at radius 1 is 1.08 bits per heavy atom. The Kier molecular flexibility index (Phi) is 4.99. The van der Waals surface area contributed by atoms with Crippen LogP contribution in [-0.4, -0.2) is 50.5 Å². The van der Waals surface area contributed by atoms with E-state index in [0.717, 1.165) is 6.42 Å². The zero-order chi connectivity index (χ0) is 18.0. The molecule has 136 valence electrons. The first-order valence-electron chi connectivity index (χ1n) is 8.57. The van der Waals surface area contributed by atoms with Gasteiger partial charge in [0.15, 0.2) is 0 Å². The number of anilines is 1. The summed E-state index contributed by atoms with van der Waals surface area (Å²) in [4.78, 5) is 25.6. The molecule has 2 saturated heterocycles. The number of benzene rings is 1. The Morgan fingerprint density at radius 2 is 1.80 bits per heavy atom. The van der Waals surface area contributed by atoms with Crippen LogP contribution in [0.25, 0.3) is 0 Å². The number of carbonyl (C=O) groups is 2. The van der Waals surface area contributed by atoms with Crippen molar-refractivity contribution in [2.45, 2.75) is 25.7 Å². The first-order chi connectivity index (χ1) is 11.9. The minimum Gasteiger partial charge on any atom is -0.369 e. The molecule has 0 saturated carbocycles. The molecule has 3 rings (SSSR count). The number of piperidine rings is 1. The fourth-order valence-electron chi connectivity index (χ4n) is 3.42. The molecule has 0 radical (unpaired) electrons. The molecule has 0 spiro atoms. The van der Waals surface area contributed by atoms with Gasteiger partial charge in [0.05, 0.1) is 11.4 Å². The number of hydrogen-bond donors (Lipinski definition) is 1. The van der Waals surface area contributed by atoms with E-state index in [9.17, 15) is 18.0 Å². The minimum absolute atomic E-state index is 0.140. The summed E-state index contributed by atoms with van der Waals surface area (Å²) in [5, 5.41) is 0. The van der Waals surface area contributed by atoms with Crippen LogP contribution < -0.4 is 10.0 Å². The Bertz CT molecular complexity index is 770. The van der Waals surface area contributed by atoms with E-state index in [1.54, 1.807) is 29.2 Å². The molecule has 25 heavy (non-hydrogen) atoms. The molecule has 1 aromatic carbocycles. The Hall–Kier alpha value is -2.09. The first kappa shape index (κ1) is 17.7. The van der Waals surface area contributed by atoms with Crippen molar-refractivity contribution in [2.75, 3.05) is 29.7 Å². The Labute approximate surface area is 147 Å². The number of primary amides is 1. The van der Waals surface area contributed by atoms with Crippen molar-refractivity contribution in [3.63, 3.8) is 0 Å². The van der Waals surface area contributed by atoms with Crippen molar-refractivity contribution in [1.82, 2.24) is 4.90 Å². The highest BCUT2D eigenvalue weighted by molar-refractivity contribution is 7.92. The van der Waals surface area contributed by atoms with Crippen LogP contribution in [0.15, 0.2) is 24.3 Å². The number of amides is 2. The quantitative estimate of drug-likeness (QED) is 0.862. The van der Waals surface area contributed by atoms with E-state index >= 15 is 0 Å². The molecule has 0 aliphatic carbocycles. The molecule has 0 unspecified atom stereocenters. The zero-order valence-corrected chi connectivity index (χ0v) is 14.9. The van der Waals surface area contributed by atoms with Crippen molar-refractivity contribution in [2.24, 2.45) is 11.7 Å². The monoisotopic (exact) mass is 365 g/mol. The van der Waals surface area contributed by atoms with E-state index in [0.29, 0.717) is 50.1 Å². The van der Waals surface area contributed by atoms with Crippen LogP contribution in [0.4, 0.5) is 5.69 Å². The molecule has 2 heterocycles. The van der Waals surface area contributed by atoms with Crippen LogP contribution in [0.5, 0.6) is 0 Å². The highest BCUT2D eigenvalue weighted by Crippen LogP contribution is 2.25. The fraction of sp³-hybridized carbons (Fsp3) is 0.529. The second kappa shape index (κ2) is 7.03. The van der Waals surface area contributed by atoms with Crippen molar-refractivity contribution >= 4 is 27.5 Å². The number of rotatable bonds is 3. The number of hydrogen-bond acceptors (Lipinski definition) is 4. The van der Waals surface area contributed by atoms with Crippen LogP contribution in [0.1, 0.15) is 36.0 Å². The summed E-state index contributed by atoms with van der Waals surface area (Å²) >= 11 is 0. The summed E-state index contributed by atoms with van der Waals surface area (Å²) in [6.45, 7) is 1.42. The highest BCUT2D eigenvalue weighted by Gasteiger charge is 2.29. The molecule has 0 bridgehead atoms. The minimum atomic E-state index is -3.30. The molecular weight excluding hydrogens is 342 g/mol. The van der Waals surface area contributed by atoms with Crippen molar-refractivity contribution in [1.29, 1.82) is 0 Å². The molecule has 7 nitrogen and oxygen atoms in total. The van der Waals surface area contributed by atoms with Gasteiger partial charge in [0.25, 0.3) is 5.91 Å². The van der Waals surface area contributed by atoms with Gasteiger partial charge in [-0.1, -0.05) is 6.07 Å². The largest absolute Gasteiger partial charge is 0.369 e. The highest BCUT2D eigenvalue weighted by atomic mass is 32.2. The fourth-order valence-corrected chi connectivity index (χ4v) is 5.05. The van der Waals surface area contributed by atoms with Gasteiger partial charge in [0.1, 0.15) is 0 Å². The molecule has 0 atom stereocenters. The molecular formula is C17H23N3O4S. The van der Waals surface area contributed by atoms with Gasteiger partial charge >= 0.3 is 0 Å². The molecule has 0 aromatic heterocycles. The summed E-state index contributed by atoms with van der Waals surface area (Å²) in [5.74, 6) is -0.483. The predicted octanol–water partition coefficient (Wildman–Crippen LogP) is 0.954. The normalized spacial score (nSPS) is 21.1. The number of sulfonamides is 1. The van der Waals surface area contributed by atoms with Gasteiger partial charge in [0.2, 0.25) is 15.9 Å². The number of likely N-dealkylation sites (tertiary alicyclic amines) is 1. The van der Waals surface area contributed by atoms with E-state index in [1.807, 2.05) is 0 Å². The summed E-state index contributed by atoms with van der Waals surface area (Å²) in [7, 11) is -3.30. The summed E-state index contributed by atoms with van der Waals surface area (Å²) in [6.07, 6.45) is 2.63. The lowest BCUT2D eigenvalue weighted by Gasteiger charge is -2.31. The molecule has 2 aliphatic heterocycles. The first-order valence-corrected chi connectivity index (χ1v) is 10.2. The summed E-state index contributed by atoms with van der Waals surface area (Å²) < 4.78 is 25.9. The van der Waals surface area contributed by atoms with E-state index in [1.165, 1.54) is 4.31 Å². The molecule has 1 aromatic rings. The van der Waals surface area contributed by atoms with E-state index < -0.39 is 10.0 Å². The van der Waals surface area contributed by atoms with E-state index in [4.69, 9.17) is 5.73 Å². The number of nitrogens with zero attached hydrogens (tertiary/aromatic N) is 2. The smallest absolute Gasteiger partial charge is 0.253 e. The maximum Gasteiger partial charge on any atom is 0.253 e. The van der Waals surface area contributed by atoms with Crippen LogP contribution in [0.2, 0.25) is 0 Å². The maximum atomic E-state index is 12.7. The van der Waals surface area contributed by atoms with Gasteiger partial charge < -0.3 is 10.6 Å². The van der Waals surface area contributed by atoms with Crippen LogP contribution in [-0.2, 0) is 14.8 Å². The van der Waals surface area contributed by atoms with Gasteiger partial charge in [0, 0.05) is 31.1 Å². The van der Waals surface area contributed by atoms with Gasteiger partial charge in [-0.2, -0.15) is 0 Å². The molecule has 2 aliphatic rings. The van der Waals surface area contributed by atoms with E-state index in [2.05, 4.69) is 0 Å². The Balaban J connectivity index is 1.75. The summed E-state index contributed by atoms with van der Waals surface area (Å²) in [6, 6.07) is 6.77. The standard InChI is InChI=1S/C17H23N3O4S/c18-16(21)13-6-9-19(10-7-13)17(22)14-4-3-5-15(12-14)20-8-1-2-11-25(20,23)24/h3-5,12-13H,1-2,6-11H2,(H2,18,21). The molecule has 8 heteroatoms. The van der Waals surface area contributed by atoms with Crippen molar-refractivity contribution in [3.8, 4) is 0 Å². The lowest BCUT2D eigenvalue weighted by atomic mass is 9.96. The second-order valence-corrected chi connectivity index (χ2v) is 8.63. The summed E-state index contributed by atoms with van der Waals surface area (Å²) in [5.41, 5.74) is 6.33. The average molecular weight is 365 g/mol. The molecule has 2 fully saturated rings. The second-order valence-electron chi connectivity index (χ2n) is 6.61. The topological polar surface area (TPSA) is 101 Å². The van der Waals surface area contributed by atoms with Crippen LogP contribution in [0, 0.1) is 5.92 Å². The number of carbonyl (C=O) groups excluding carboxylic acids is 2. The Morgan fingerprint density at radius 3 is 2.44 bits per heavy atom. The molecule has 2 amide bonds. The van der Waals surface area contributed by atoms with E-state index in [-0.39, 0.29) is 23.5 Å². The van der Waals surface area contributed by atoms with Gasteiger partial charge in [-0.15, -0.1) is 0 Å². The lowest BCUT2D eigenvalue weighted by molar-refractivity contribution is -0.123. The third kappa shape index (κ3) is 3.78. The third-order valence-corrected chi connectivity index (χ3v) is 6.78. The number of nitrogens with two attached hydrogens (primary N) is 1. The average Bonchev–Trinajstić information content (AvgIpc) is 2.61. The van der Waals surface area contributed by atoms with Crippen molar-refractivity contribution < 1.29 is 18.0 Å². The SMILES string of the molecule is NC(=O)C1CCN(C(=O)c2cccc(N3CCCCS3(=O)=O)c2)CC1. The van der Waals surface area contributed by atoms with Crippen LogP contribution >= 0.6 is 0 Å². The third-order valence-electron chi connectivity index (χ3n) is 4.91. The molecule has 2 N–H and O–H groups in total. The lowest BCUT2D eigenvalue weighted by Crippen LogP contribution is -2.42.